The van der Waals surface area contributed by atoms with Gasteiger partial charge in [0.1, 0.15) is 0 Å². The summed E-state index contributed by atoms with van der Waals surface area (Å²) in [6.45, 7) is 3.26. The van der Waals surface area contributed by atoms with Crippen LogP contribution in [0.25, 0.3) is 0 Å². The molecule has 72 valence electrons. The number of fused-ring (bicyclic) bond motifs is 1. The van der Waals surface area contributed by atoms with E-state index in [2.05, 4.69) is 11.5 Å². The molecule has 0 spiro atoms. The maximum Gasteiger partial charge on any atom is 0.182 e. The predicted molar refractivity (Wildman–Crippen MR) is 55.1 cm³/mol. The lowest BCUT2D eigenvalue weighted by Crippen LogP contribution is -2.15. The van der Waals surface area contributed by atoms with Crippen LogP contribution in [-0.2, 0) is 19.4 Å². The maximum absolute atomic E-state index is 7.83. The van der Waals surface area contributed by atoms with E-state index in [0.717, 1.165) is 11.3 Å². The molecule has 0 radical (unpaired) electrons. The lowest BCUT2D eigenvalue weighted by molar-refractivity contribution is 0.592. The summed E-state index contributed by atoms with van der Waals surface area (Å²) in [6.07, 6.45) is 6.14. The Morgan fingerprint density at radius 2 is 2.31 bits per heavy atom. The van der Waals surface area contributed by atoms with Crippen LogP contribution in [0, 0.1) is 5.41 Å². The van der Waals surface area contributed by atoms with E-state index in [-0.39, 0.29) is 0 Å². The summed E-state index contributed by atoms with van der Waals surface area (Å²) >= 11 is 1.68. The third kappa shape index (κ3) is 1.57. The zero-order valence-corrected chi connectivity index (χ0v) is 8.91. The number of rotatable bonds is 3. The van der Waals surface area contributed by atoms with Gasteiger partial charge in [-0.1, -0.05) is 13.3 Å². The molecule has 2 rings (SSSR count). The summed E-state index contributed by atoms with van der Waals surface area (Å²) in [6, 6.07) is 0. The zero-order chi connectivity index (χ0) is 9.26. The third-order valence-electron chi connectivity index (χ3n) is 2.67. The Kier molecular flexibility index (Phi) is 2.54. The largest absolute Gasteiger partial charge is 0.321 e. The van der Waals surface area contributed by atoms with E-state index in [1.807, 2.05) is 0 Å². The molecular weight excluding hydrogens is 180 g/mol. The van der Waals surface area contributed by atoms with Crippen LogP contribution in [0.2, 0.25) is 0 Å². The first-order valence-electron chi connectivity index (χ1n) is 5.09. The maximum atomic E-state index is 7.83. The highest BCUT2D eigenvalue weighted by molar-refractivity contribution is 7.09. The molecule has 3 heteroatoms. The van der Waals surface area contributed by atoms with E-state index in [9.17, 15) is 0 Å². The van der Waals surface area contributed by atoms with Gasteiger partial charge in [0.15, 0.2) is 4.80 Å². The Hall–Kier alpha value is -0.570. The van der Waals surface area contributed by atoms with Crippen molar-refractivity contribution >= 4 is 11.3 Å². The van der Waals surface area contributed by atoms with Crippen LogP contribution in [0.15, 0.2) is 0 Å². The second-order valence-electron chi connectivity index (χ2n) is 3.64. The summed E-state index contributed by atoms with van der Waals surface area (Å²) in [5.74, 6) is 0. The Balaban J connectivity index is 2.28. The summed E-state index contributed by atoms with van der Waals surface area (Å²) in [5.41, 5.74) is 1.46. The monoisotopic (exact) mass is 196 g/mol. The van der Waals surface area contributed by atoms with Gasteiger partial charge in [0.05, 0.1) is 0 Å². The zero-order valence-electron chi connectivity index (χ0n) is 8.10. The molecule has 2 nitrogen and oxygen atoms in total. The number of hydrogen-bond acceptors (Lipinski definition) is 2. The molecule has 0 aliphatic heterocycles. The number of thiazole rings is 1. The summed E-state index contributed by atoms with van der Waals surface area (Å²) in [5, 5.41) is 7.83. The van der Waals surface area contributed by atoms with Gasteiger partial charge in [-0.2, -0.15) is 0 Å². The molecule has 1 aliphatic carbocycles. The quantitative estimate of drug-likeness (QED) is 0.768. The Bertz CT molecular complexity index is 348. The molecule has 1 aromatic heterocycles. The van der Waals surface area contributed by atoms with Gasteiger partial charge in [0, 0.05) is 17.1 Å². The number of aromatic nitrogens is 1. The normalized spacial score (nSPS) is 14.8. The average molecular weight is 196 g/mol. The molecule has 1 heterocycles. The van der Waals surface area contributed by atoms with Crippen LogP contribution in [0.5, 0.6) is 0 Å². The fraction of sp³-hybridized carbons (Fsp3) is 0.700. The van der Waals surface area contributed by atoms with E-state index < -0.39 is 0 Å². The fourth-order valence-electron chi connectivity index (χ4n) is 1.94. The molecule has 0 unspecified atom stereocenters. The smallest absolute Gasteiger partial charge is 0.182 e. The van der Waals surface area contributed by atoms with Crippen LogP contribution >= 0.6 is 11.3 Å². The fourth-order valence-corrected chi connectivity index (χ4v) is 3.06. The summed E-state index contributed by atoms with van der Waals surface area (Å²) in [4.78, 5) is 2.24. The molecule has 13 heavy (non-hydrogen) atoms. The van der Waals surface area contributed by atoms with Gasteiger partial charge in [-0.05, 0) is 25.7 Å². The number of aryl methyl sites for hydroxylation is 1. The van der Waals surface area contributed by atoms with E-state index in [4.69, 9.17) is 5.41 Å². The highest BCUT2D eigenvalue weighted by atomic mass is 32.1. The standard InChI is InChI=1S/C10H16N2S/c1-2-3-7-12-8-5-4-6-9(8)13-10(12)11/h11H,2-7H2,1H3. The minimum absolute atomic E-state index is 0.762. The molecule has 0 fully saturated rings. The van der Waals surface area contributed by atoms with Gasteiger partial charge >= 0.3 is 0 Å². The van der Waals surface area contributed by atoms with Crippen molar-refractivity contribution in [2.75, 3.05) is 0 Å². The van der Waals surface area contributed by atoms with Crippen molar-refractivity contribution in [3.05, 3.63) is 15.4 Å². The SMILES string of the molecule is CCCCn1c2c(sc1=N)CCC2. The number of nitrogens with one attached hydrogen (secondary N) is 1. The van der Waals surface area contributed by atoms with Crippen LogP contribution in [0.4, 0.5) is 0 Å². The van der Waals surface area contributed by atoms with Crippen molar-refractivity contribution in [2.24, 2.45) is 0 Å². The highest BCUT2D eigenvalue weighted by Crippen LogP contribution is 2.24. The average Bonchev–Trinajstić information content (AvgIpc) is 2.62. The lowest BCUT2D eigenvalue weighted by atomic mass is 10.3. The van der Waals surface area contributed by atoms with Crippen molar-refractivity contribution in [2.45, 2.75) is 45.6 Å². The first-order chi connectivity index (χ1) is 6.33. The van der Waals surface area contributed by atoms with Gasteiger partial charge in [-0.3, -0.25) is 5.41 Å². The van der Waals surface area contributed by atoms with Crippen LogP contribution in [0.3, 0.4) is 0 Å². The Labute approximate surface area is 82.7 Å². The van der Waals surface area contributed by atoms with E-state index >= 15 is 0 Å². The number of hydrogen-bond donors (Lipinski definition) is 1. The van der Waals surface area contributed by atoms with Crippen molar-refractivity contribution in [3.8, 4) is 0 Å². The number of unbranched alkanes of at least 4 members (excludes halogenated alkanes) is 1. The predicted octanol–water partition coefficient (Wildman–Crippen LogP) is 2.32. The first-order valence-corrected chi connectivity index (χ1v) is 5.90. The molecule has 0 bridgehead atoms. The molecule has 0 aromatic carbocycles. The number of nitrogens with zero attached hydrogens (tertiary/aromatic N) is 1. The molecule has 0 saturated heterocycles. The minimum Gasteiger partial charge on any atom is -0.321 e. The van der Waals surface area contributed by atoms with Crippen molar-refractivity contribution < 1.29 is 0 Å². The second-order valence-corrected chi connectivity index (χ2v) is 4.72. The summed E-state index contributed by atoms with van der Waals surface area (Å²) in [7, 11) is 0. The van der Waals surface area contributed by atoms with Gasteiger partial charge in [0.25, 0.3) is 0 Å². The van der Waals surface area contributed by atoms with E-state index in [1.165, 1.54) is 42.7 Å². The Morgan fingerprint density at radius 3 is 3.08 bits per heavy atom. The van der Waals surface area contributed by atoms with E-state index in [0.29, 0.717) is 0 Å². The van der Waals surface area contributed by atoms with Gasteiger partial charge < -0.3 is 4.57 Å². The molecule has 0 atom stereocenters. The summed E-state index contributed by atoms with van der Waals surface area (Å²) < 4.78 is 2.22. The van der Waals surface area contributed by atoms with Crippen LogP contribution in [-0.4, -0.2) is 4.57 Å². The molecule has 1 aromatic rings. The lowest BCUT2D eigenvalue weighted by Gasteiger charge is -2.04. The minimum atomic E-state index is 0.762. The Morgan fingerprint density at radius 1 is 1.46 bits per heavy atom. The molecule has 0 saturated carbocycles. The van der Waals surface area contributed by atoms with Crippen molar-refractivity contribution in [1.82, 2.24) is 4.57 Å². The van der Waals surface area contributed by atoms with E-state index in [1.54, 1.807) is 11.3 Å². The van der Waals surface area contributed by atoms with Crippen LogP contribution in [0.1, 0.15) is 36.8 Å². The van der Waals surface area contributed by atoms with Crippen molar-refractivity contribution in [3.63, 3.8) is 0 Å². The van der Waals surface area contributed by atoms with Gasteiger partial charge in [-0.15, -0.1) is 11.3 Å². The van der Waals surface area contributed by atoms with Crippen molar-refractivity contribution in [1.29, 1.82) is 5.41 Å². The highest BCUT2D eigenvalue weighted by Gasteiger charge is 2.17. The molecule has 1 aliphatic rings. The molecule has 0 amide bonds. The first kappa shape index (κ1) is 9.00. The third-order valence-corrected chi connectivity index (χ3v) is 3.77. The van der Waals surface area contributed by atoms with Gasteiger partial charge in [0.2, 0.25) is 0 Å². The second kappa shape index (κ2) is 3.66. The topological polar surface area (TPSA) is 28.8 Å². The molecule has 1 N–H and O–H groups in total. The van der Waals surface area contributed by atoms with Gasteiger partial charge in [-0.25, -0.2) is 0 Å². The molecular formula is C10H16N2S. The van der Waals surface area contributed by atoms with Crippen LogP contribution < -0.4 is 4.80 Å².